The number of para-hydroxylation sites is 1. The molecule has 2 aromatic rings. The summed E-state index contributed by atoms with van der Waals surface area (Å²) >= 11 is 0. The first kappa shape index (κ1) is 18.5. The number of hydrogen-bond donors (Lipinski definition) is 1. The molecule has 26 heavy (non-hydrogen) atoms. The summed E-state index contributed by atoms with van der Waals surface area (Å²) in [4.78, 5) is 32.4. The third-order valence-corrected chi connectivity index (χ3v) is 4.99. The smallest absolute Gasteiger partial charge is 0.287 e. The number of methoxy groups -OCH3 is 1. The SMILES string of the molecule is CCN1CCC[C@@H]1CNC(=O)c1nc2ccccc2c(=O)n1CCOC. The highest BCUT2D eigenvalue weighted by molar-refractivity contribution is 5.93. The molecule has 1 saturated heterocycles. The Balaban J connectivity index is 1.87. The quantitative estimate of drug-likeness (QED) is 0.806. The van der Waals surface area contributed by atoms with Crippen molar-refractivity contribution in [2.45, 2.75) is 32.4 Å². The van der Waals surface area contributed by atoms with Crippen molar-refractivity contribution in [1.29, 1.82) is 0 Å². The number of fused-ring (bicyclic) bond motifs is 1. The lowest BCUT2D eigenvalue weighted by atomic mass is 10.2. The molecular weight excluding hydrogens is 332 g/mol. The maximum Gasteiger partial charge on any atom is 0.287 e. The number of likely N-dealkylation sites (tertiary alicyclic amines) is 1. The van der Waals surface area contributed by atoms with E-state index < -0.39 is 0 Å². The Hall–Kier alpha value is -2.25. The van der Waals surface area contributed by atoms with Gasteiger partial charge in [-0.1, -0.05) is 19.1 Å². The lowest BCUT2D eigenvalue weighted by molar-refractivity contribution is 0.0921. The number of likely N-dealkylation sites (N-methyl/N-ethyl adjacent to an activating group) is 1. The molecule has 7 heteroatoms. The van der Waals surface area contributed by atoms with E-state index in [1.54, 1.807) is 25.3 Å². The Morgan fingerprint density at radius 1 is 1.38 bits per heavy atom. The molecule has 140 valence electrons. The molecule has 0 saturated carbocycles. The molecule has 1 fully saturated rings. The molecule has 1 atom stereocenters. The van der Waals surface area contributed by atoms with Crippen LogP contribution in [0.5, 0.6) is 0 Å². The van der Waals surface area contributed by atoms with E-state index in [9.17, 15) is 9.59 Å². The van der Waals surface area contributed by atoms with Crippen molar-refractivity contribution >= 4 is 16.8 Å². The third-order valence-electron chi connectivity index (χ3n) is 4.99. The fourth-order valence-corrected chi connectivity index (χ4v) is 3.56. The average Bonchev–Trinajstić information content (AvgIpc) is 3.13. The summed E-state index contributed by atoms with van der Waals surface area (Å²) in [7, 11) is 1.57. The number of carbonyl (C=O) groups excluding carboxylic acids is 1. The van der Waals surface area contributed by atoms with Crippen molar-refractivity contribution in [3.8, 4) is 0 Å². The predicted octanol–water partition coefficient (Wildman–Crippen LogP) is 1.26. The fourth-order valence-electron chi connectivity index (χ4n) is 3.56. The third kappa shape index (κ3) is 3.78. The van der Waals surface area contributed by atoms with Gasteiger partial charge in [0, 0.05) is 19.7 Å². The Morgan fingerprint density at radius 3 is 2.96 bits per heavy atom. The normalized spacial score (nSPS) is 17.7. The Morgan fingerprint density at radius 2 is 2.19 bits per heavy atom. The number of carbonyl (C=O) groups is 1. The van der Waals surface area contributed by atoms with Gasteiger partial charge in [0.1, 0.15) is 0 Å². The van der Waals surface area contributed by atoms with Gasteiger partial charge < -0.3 is 10.1 Å². The van der Waals surface area contributed by atoms with Gasteiger partial charge in [-0.05, 0) is 38.1 Å². The molecule has 0 bridgehead atoms. The molecule has 2 heterocycles. The molecule has 0 unspecified atom stereocenters. The number of rotatable bonds is 7. The minimum Gasteiger partial charge on any atom is -0.383 e. The van der Waals surface area contributed by atoms with Crippen LogP contribution >= 0.6 is 0 Å². The summed E-state index contributed by atoms with van der Waals surface area (Å²) in [6.45, 7) is 5.39. The lowest BCUT2D eigenvalue weighted by Crippen LogP contribution is -2.42. The van der Waals surface area contributed by atoms with Crippen LogP contribution in [-0.2, 0) is 11.3 Å². The van der Waals surface area contributed by atoms with Crippen molar-refractivity contribution in [3.05, 3.63) is 40.4 Å². The maximum absolute atomic E-state index is 12.8. The molecule has 3 rings (SSSR count). The van der Waals surface area contributed by atoms with E-state index in [-0.39, 0.29) is 17.3 Å². The molecule has 1 aliphatic heterocycles. The van der Waals surface area contributed by atoms with Crippen LogP contribution in [0, 0.1) is 0 Å². The molecule has 0 spiro atoms. The first-order valence-corrected chi connectivity index (χ1v) is 9.16. The number of nitrogens with zero attached hydrogens (tertiary/aromatic N) is 3. The number of nitrogens with one attached hydrogen (secondary N) is 1. The Labute approximate surface area is 153 Å². The number of ether oxygens (including phenoxy) is 1. The van der Waals surface area contributed by atoms with E-state index in [4.69, 9.17) is 4.74 Å². The number of aromatic nitrogens is 2. The van der Waals surface area contributed by atoms with Crippen LogP contribution in [0.4, 0.5) is 0 Å². The van der Waals surface area contributed by atoms with Crippen LogP contribution in [0.1, 0.15) is 30.4 Å². The summed E-state index contributed by atoms with van der Waals surface area (Å²) in [5.41, 5.74) is 0.321. The zero-order valence-corrected chi connectivity index (χ0v) is 15.4. The average molecular weight is 358 g/mol. The van der Waals surface area contributed by atoms with Gasteiger partial charge in [0.2, 0.25) is 5.82 Å². The fraction of sp³-hybridized carbons (Fsp3) is 0.526. The second-order valence-electron chi connectivity index (χ2n) is 6.54. The van der Waals surface area contributed by atoms with Gasteiger partial charge in [0.05, 0.1) is 24.1 Å². The van der Waals surface area contributed by atoms with Crippen LogP contribution < -0.4 is 10.9 Å². The molecule has 1 N–H and O–H groups in total. The number of hydrogen-bond acceptors (Lipinski definition) is 5. The van der Waals surface area contributed by atoms with Crippen LogP contribution in [0.2, 0.25) is 0 Å². The van der Waals surface area contributed by atoms with Gasteiger partial charge in [0.15, 0.2) is 0 Å². The zero-order valence-electron chi connectivity index (χ0n) is 15.4. The molecule has 1 aromatic heterocycles. The van der Waals surface area contributed by atoms with Crippen LogP contribution in [0.3, 0.4) is 0 Å². The van der Waals surface area contributed by atoms with Gasteiger partial charge in [-0.15, -0.1) is 0 Å². The maximum atomic E-state index is 12.8. The Bertz CT molecular complexity index is 833. The standard InChI is InChI=1S/C19H26N4O3/c1-3-22-10-6-7-14(22)13-20-18(24)17-21-16-9-5-4-8-15(16)19(25)23(17)11-12-26-2/h4-5,8-9,14H,3,6-7,10-13H2,1-2H3,(H,20,24)/t14-/m1/s1. The summed E-state index contributed by atoms with van der Waals surface area (Å²) in [5, 5.41) is 3.48. The number of benzene rings is 1. The van der Waals surface area contributed by atoms with Crippen molar-refractivity contribution < 1.29 is 9.53 Å². The van der Waals surface area contributed by atoms with E-state index in [0.29, 0.717) is 36.6 Å². The summed E-state index contributed by atoms with van der Waals surface area (Å²) in [5.74, 6) is -0.168. The van der Waals surface area contributed by atoms with Gasteiger partial charge in [-0.2, -0.15) is 0 Å². The minimum absolute atomic E-state index is 0.145. The highest BCUT2D eigenvalue weighted by Crippen LogP contribution is 2.15. The van der Waals surface area contributed by atoms with Gasteiger partial charge in [-0.3, -0.25) is 19.1 Å². The highest BCUT2D eigenvalue weighted by Gasteiger charge is 2.24. The van der Waals surface area contributed by atoms with Crippen LogP contribution in [0.25, 0.3) is 10.9 Å². The first-order valence-electron chi connectivity index (χ1n) is 9.16. The minimum atomic E-state index is -0.313. The monoisotopic (exact) mass is 358 g/mol. The van der Waals surface area contributed by atoms with E-state index in [1.165, 1.54) is 4.57 Å². The largest absolute Gasteiger partial charge is 0.383 e. The van der Waals surface area contributed by atoms with Gasteiger partial charge in [-0.25, -0.2) is 4.98 Å². The first-order chi connectivity index (χ1) is 12.7. The summed E-state index contributed by atoms with van der Waals surface area (Å²) in [6, 6.07) is 7.44. The second-order valence-corrected chi connectivity index (χ2v) is 6.54. The topological polar surface area (TPSA) is 76.5 Å². The lowest BCUT2D eigenvalue weighted by Gasteiger charge is -2.23. The highest BCUT2D eigenvalue weighted by atomic mass is 16.5. The van der Waals surface area contributed by atoms with Crippen LogP contribution in [0.15, 0.2) is 29.1 Å². The van der Waals surface area contributed by atoms with Crippen molar-refractivity contribution in [3.63, 3.8) is 0 Å². The summed E-state index contributed by atoms with van der Waals surface area (Å²) < 4.78 is 6.50. The molecule has 1 aliphatic rings. The van der Waals surface area contributed by atoms with Crippen molar-refractivity contribution in [2.75, 3.05) is 33.4 Å². The van der Waals surface area contributed by atoms with Crippen molar-refractivity contribution in [1.82, 2.24) is 19.8 Å². The molecule has 1 amide bonds. The van der Waals surface area contributed by atoms with E-state index in [2.05, 4.69) is 22.1 Å². The van der Waals surface area contributed by atoms with Gasteiger partial charge >= 0.3 is 0 Å². The van der Waals surface area contributed by atoms with Gasteiger partial charge in [0.25, 0.3) is 11.5 Å². The van der Waals surface area contributed by atoms with E-state index in [0.717, 1.165) is 25.9 Å². The molecular formula is C19H26N4O3. The molecule has 0 radical (unpaired) electrons. The number of amides is 1. The second kappa shape index (κ2) is 8.42. The van der Waals surface area contributed by atoms with E-state index in [1.807, 2.05) is 6.07 Å². The van der Waals surface area contributed by atoms with Crippen LogP contribution in [-0.4, -0.2) is 59.8 Å². The van der Waals surface area contributed by atoms with E-state index >= 15 is 0 Å². The summed E-state index contributed by atoms with van der Waals surface area (Å²) in [6.07, 6.45) is 2.23. The van der Waals surface area contributed by atoms with Crippen molar-refractivity contribution in [2.24, 2.45) is 0 Å². The molecule has 7 nitrogen and oxygen atoms in total. The predicted molar refractivity (Wildman–Crippen MR) is 100 cm³/mol. The Kier molecular flexibility index (Phi) is 6.00. The zero-order chi connectivity index (χ0) is 18.5. The molecule has 0 aliphatic carbocycles. The molecule has 1 aromatic carbocycles.